The van der Waals surface area contributed by atoms with Crippen LogP contribution in [0.1, 0.15) is 44.2 Å². The average Bonchev–Trinajstić information content (AvgIpc) is 3.16. The van der Waals surface area contributed by atoms with Crippen molar-refractivity contribution in [2.45, 2.75) is 49.7 Å². The number of fused-ring (bicyclic) bond motifs is 1. The number of nitrogens with zero attached hydrogens (tertiary/aromatic N) is 1. The van der Waals surface area contributed by atoms with Crippen LogP contribution < -0.4 is 10.2 Å². The molecule has 1 aliphatic heterocycles. The first kappa shape index (κ1) is 22.0. The molecule has 2 aromatic carbocycles. The van der Waals surface area contributed by atoms with E-state index in [-0.39, 0.29) is 29.0 Å². The first-order valence-electron chi connectivity index (χ1n) is 10.2. The predicted molar refractivity (Wildman–Crippen MR) is 117 cm³/mol. The summed E-state index contributed by atoms with van der Waals surface area (Å²) in [5, 5.41) is 2.01. The van der Waals surface area contributed by atoms with E-state index in [4.69, 9.17) is 0 Å². The second kappa shape index (κ2) is 9.00. The minimum Gasteiger partial charge on any atom is -0.355 e. The van der Waals surface area contributed by atoms with E-state index in [0.29, 0.717) is 19.5 Å². The number of rotatable bonds is 7. The maximum Gasteiger partial charge on any atom is 0.223 e. The molecule has 30 heavy (non-hydrogen) atoms. The predicted octanol–water partition coefficient (Wildman–Crippen LogP) is 3.07. The molecule has 0 aromatic heterocycles. The molecule has 0 saturated heterocycles. The van der Waals surface area contributed by atoms with Gasteiger partial charge in [-0.05, 0) is 48.6 Å². The minimum atomic E-state index is -3.65. The van der Waals surface area contributed by atoms with Gasteiger partial charge in [-0.1, -0.05) is 37.3 Å². The highest BCUT2D eigenvalue weighted by atomic mass is 32.2. The Kier molecular flexibility index (Phi) is 6.61. The van der Waals surface area contributed by atoms with Crippen LogP contribution in [0.3, 0.4) is 0 Å². The summed E-state index contributed by atoms with van der Waals surface area (Å²) in [4.78, 5) is 25.9. The topological polar surface area (TPSA) is 83.6 Å². The van der Waals surface area contributed by atoms with Gasteiger partial charge in [0.25, 0.3) is 0 Å². The second-order valence-electron chi connectivity index (χ2n) is 7.89. The van der Waals surface area contributed by atoms with Crippen LogP contribution in [-0.4, -0.2) is 38.6 Å². The Labute approximate surface area is 178 Å². The van der Waals surface area contributed by atoms with Crippen molar-refractivity contribution >= 4 is 27.3 Å². The maximum absolute atomic E-state index is 13.0. The number of benzene rings is 2. The van der Waals surface area contributed by atoms with Crippen LogP contribution in [0.15, 0.2) is 53.4 Å². The summed E-state index contributed by atoms with van der Waals surface area (Å²) < 4.78 is 26.0. The van der Waals surface area contributed by atoms with E-state index in [2.05, 4.69) is 5.32 Å². The molecule has 2 amide bonds. The third-order valence-electron chi connectivity index (χ3n) is 5.63. The number of hydrogen-bond acceptors (Lipinski definition) is 4. The quantitative estimate of drug-likeness (QED) is 0.735. The molecule has 0 unspecified atom stereocenters. The fourth-order valence-corrected chi connectivity index (χ4v) is 5.12. The van der Waals surface area contributed by atoms with Gasteiger partial charge in [0, 0.05) is 32.1 Å². The number of amides is 2. The molecule has 6 nitrogen and oxygen atoms in total. The van der Waals surface area contributed by atoms with E-state index in [1.54, 1.807) is 24.0 Å². The van der Waals surface area contributed by atoms with Crippen LogP contribution in [-0.2, 0) is 25.8 Å². The SMILES string of the molecule is CC(=O)N1CCc2cc(S(=O)(=O)[C@@H](C)CC(=O)NC[C@@H](C)c3ccccc3)ccc21. The fourth-order valence-electron chi connectivity index (χ4n) is 3.72. The highest BCUT2D eigenvalue weighted by Crippen LogP contribution is 2.31. The molecule has 7 heteroatoms. The molecule has 0 aliphatic carbocycles. The summed E-state index contributed by atoms with van der Waals surface area (Å²) in [5.41, 5.74) is 2.73. The Hall–Kier alpha value is -2.67. The number of carbonyl (C=O) groups is 2. The van der Waals surface area contributed by atoms with Crippen molar-refractivity contribution in [3.63, 3.8) is 0 Å². The van der Waals surface area contributed by atoms with Crippen LogP contribution >= 0.6 is 0 Å². The third-order valence-corrected chi connectivity index (χ3v) is 7.77. The first-order valence-corrected chi connectivity index (χ1v) is 11.7. The highest BCUT2D eigenvalue weighted by molar-refractivity contribution is 7.92. The molecule has 0 fully saturated rings. The summed E-state index contributed by atoms with van der Waals surface area (Å²) in [7, 11) is -3.65. The molecule has 0 spiro atoms. The fraction of sp³-hybridized carbons (Fsp3) is 0.391. The molecule has 1 heterocycles. The van der Waals surface area contributed by atoms with Crippen LogP contribution in [0.25, 0.3) is 0 Å². The van der Waals surface area contributed by atoms with Crippen LogP contribution in [0.4, 0.5) is 5.69 Å². The van der Waals surface area contributed by atoms with Gasteiger partial charge in [0.1, 0.15) is 0 Å². The first-order chi connectivity index (χ1) is 14.2. The molecule has 2 aromatic rings. The van der Waals surface area contributed by atoms with E-state index in [9.17, 15) is 18.0 Å². The van der Waals surface area contributed by atoms with Crippen molar-refractivity contribution in [2.24, 2.45) is 0 Å². The summed E-state index contributed by atoms with van der Waals surface area (Å²) in [5.74, 6) is -0.195. The molecule has 0 bridgehead atoms. The lowest BCUT2D eigenvalue weighted by Gasteiger charge is -2.17. The summed E-state index contributed by atoms with van der Waals surface area (Å²) in [6.07, 6.45) is 0.533. The summed E-state index contributed by atoms with van der Waals surface area (Å²) >= 11 is 0. The van der Waals surface area contributed by atoms with Crippen molar-refractivity contribution in [3.05, 3.63) is 59.7 Å². The third kappa shape index (κ3) is 4.73. The van der Waals surface area contributed by atoms with Gasteiger partial charge in [0.05, 0.1) is 10.1 Å². The Morgan fingerprint density at radius 1 is 1.10 bits per heavy atom. The Morgan fingerprint density at radius 2 is 1.80 bits per heavy atom. The average molecular weight is 429 g/mol. The Bertz CT molecular complexity index is 1030. The molecule has 1 N–H and O–H groups in total. The molecular formula is C23H28N2O4S. The van der Waals surface area contributed by atoms with E-state index in [1.807, 2.05) is 37.3 Å². The Morgan fingerprint density at radius 3 is 2.47 bits per heavy atom. The van der Waals surface area contributed by atoms with Gasteiger partial charge in [-0.2, -0.15) is 0 Å². The van der Waals surface area contributed by atoms with Crippen molar-refractivity contribution in [2.75, 3.05) is 18.0 Å². The van der Waals surface area contributed by atoms with E-state index >= 15 is 0 Å². The zero-order valence-corrected chi connectivity index (χ0v) is 18.4. The van der Waals surface area contributed by atoms with Crippen molar-refractivity contribution in [1.29, 1.82) is 0 Å². The zero-order chi connectivity index (χ0) is 21.9. The van der Waals surface area contributed by atoms with Gasteiger partial charge < -0.3 is 10.2 Å². The van der Waals surface area contributed by atoms with Gasteiger partial charge in [-0.15, -0.1) is 0 Å². The van der Waals surface area contributed by atoms with Crippen LogP contribution in [0.5, 0.6) is 0 Å². The molecule has 0 radical (unpaired) electrons. The second-order valence-corrected chi connectivity index (χ2v) is 10.3. The number of nitrogens with one attached hydrogen (secondary N) is 1. The Balaban J connectivity index is 1.62. The summed E-state index contributed by atoms with van der Waals surface area (Å²) in [6.45, 7) is 6.09. The number of anilines is 1. The van der Waals surface area contributed by atoms with Crippen molar-refractivity contribution < 1.29 is 18.0 Å². The van der Waals surface area contributed by atoms with Crippen molar-refractivity contribution in [3.8, 4) is 0 Å². The van der Waals surface area contributed by atoms with Crippen LogP contribution in [0.2, 0.25) is 0 Å². The smallest absolute Gasteiger partial charge is 0.223 e. The number of hydrogen-bond donors (Lipinski definition) is 1. The number of sulfone groups is 1. The lowest BCUT2D eigenvalue weighted by atomic mass is 10.0. The normalized spacial score (nSPS) is 15.4. The molecule has 3 rings (SSSR count). The molecule has 2 atom stereocenters. The van der Waals surface area contributed by atoms with Crippen LogP contribution in [0, 0.1) is 0 Å². The molecule has 1 aliphatic rings. The monoisotopic (exact) mass is 428 g/mol. The zero-order valence-electron chi connectivity index (χ0n) is 17.6. The van der Waals surface area contributed by atoms with E-state index in [0.717, 1.165) is 16.8 Å². The van der Waals surface area contributed by atoms with Gasteiger partial charge in [0.2, 0.25) is 11.8 Å². The van der Waals surface area contributed by atoms with Gasteiger partial charge in [-0.3, -0.25) is 9.59 Å². The molecule has 160 valence electrons. The highest BCUT2D eigenvalue weighted by Gasteiger charge is 2.29. The van der Waals surface area contributed by atoms with Gasteiger partial charge in [0.15, 0.2) is 9.84 Å². The summed E-state index contributed by atoms with van der Waals surface area (Å²) in [6, 6.07) is 14.7. The maximum atomic E-state index is 13.0. The minimum absolute atomic E-state index is 0.0564. The van der Waals surface area contributed by atoms with E-state index < -0.39 is 15.1 Å². The largest absolute Gasteiger partial charge is 0.355 e. The van der Waals surface area contributed by atoms with Crippen molar-refractivity contribution in [1.82, 2.24) is 5.32 Å². The van der Waals surface area contributed by atoms with Gasteiger partial charge in [-0.25, -0.2) is 8.42 Å². The number of carbonyl (C=O) groups excluding carboxylic acids is 2. The molecule has 0 saturated carbocycles. The standard InChI is InChI=1S/C23H28N2O4S/c1-16(19-7-5-4-6-8-19)15-24-23(27)13-17(2)30(28,29)21-9-10-22-20(14-21)11-12-25(22)18(3)26/h4-10,14,16-17H,11-13,15H2,1-3H3,(H,24,27)/t16-,17+/m1/s1. The lowest BCUT2D eigenvalue weighted by Crippen LogP contribution is -2.32. The lowest BCUT2D eigenvalue weighted by molar-refractivity contribution is -0.121. The van der Waals surface area contributed by atoms with E-state index in [1.165, 1.54) is 13.0 Å². The molecular weight excluding hydrogens is 400 g/mol. The van der Waals surface area contributed by atoms with Gasteiger partial charge >= 0.3 is 0 Å².